The Labute approximate surface area is 730 Å². The van der Waals surface area contributed by atoms with Crippen molar-refractivity contribution in [1.82, 2.24) is 58.3 Å². The number of H-pyrrole nitrogens is 1. The Bertz CT molecular complexity index is 5200. The van der Waals surface area contributed by atoms with Crippen molar-refractivity contribution in [3.63, 3.8) is 0 Å². The lowest BCUT2D eigenvalue weighted by molar-refractivity contribution is -0.137. The van der Waals surface area contributed by atoms with Crippen LogP contribution in [0.1, 0.15) is 177 Å². The summed E-state index contributed by atoms with van der Waals surface area (Å²) >= 11 is 3.15. The van der Waals surface area contributed by atoms with Crippen LogP contribution in [0.25, 0.3) is 16.9 Å². The Morgan fingerprint density at radius 1 is 0.577 bits per heavy atom. The van der Waals surface area contributed by atoms with Crippen molar-refractivity contribution in [2.75, 3.05) is 76.6 Å². The number of thioether (sulfide) groups is 2. The highest BCUT2D eigenvalue weighted by molar-refractivity contribution is 8.01. The first-order valence-electron chi connectivity index (χ1n) is 42.9. The van der Waals surface area contributed by atoms with Gasteiger partial charge in [-0.3, -0.25) is 37.5 Å². The molecule has 7 atom stereocenters. The molecule has 8 aliphatic rings. The lowest BCUT2D eigenvalue weighted by atomic mass is 9.92. The first kappa shape index (κ1) is 88.7. The Kier molecular flexibility index (Phi) is 28.5. The van der Waals surface area contributed by atoms with E-state index in [1.54, 1.807) is 57.5 Å². The van der Waals surface area contributed by atoms with Gasteiger partial charge in [0.1, 0.15) is 38.8 Å². The summed E-state index contributed by atoms with van der Waals surface area (Å²) in [5.74, 6) is -0.787. The van der Waals surface area contributed by atoms with Crippen LogP contribution >= 0.6 is 23.5 Å². The number of carbonyl (C=O) groups excluding carboxylic acids is 8. The number of methoxy groups -OCH3 is 1. The number of hydrogen-bond acceptors (Lipinski definition) is 14. The zero-order chi connectivity index (χ0) is 86.9. The van der Waals surface area contributed by atoms with Gasteiger partial charge in [-0.2, -0.15) is 0 Å². The van der Waals surface area contributed by atoms with Gasteiger partial charge in [-0.1, -0.05) is 152 Å². The zero-order valence-corrected chi connectivity index (χ0v) is 73.6. The van der Waals surface area contributed by atoms with Gasteiger partial charge in [-0.05, 0) is 134 Å². The summed E-state index contributed by atoms with van der Waals surface area (Å²) in [7, 11) is -0.257. The van der Waals surface area contributed by atoms with Crippen LogP contribution in [0.15, 0.2) is 175 Å². The van der Waals surface area contributed by atoms with Crippen LogP contribution in [-0.4, -0.2) is 204 Å². The van der Waals surface area contributed by atoms with Gasteiger partial charge in [0.05, 0.1) is 52.5 Å². The predicted octanol–water partition coefficient (Wildman–Crippen LogP) is 15.4. The number of piperidine rings is 3. The third kappa shape index (κ3) is 20.9. The molecule has 30 heteroatoms. The fourth-order valence-electron chi connectivity index (χ4n) is 17.4. The number of aromatic nitrogens is 4. The van der Waals surface area contributed by atoms with Gasteiger partial charge < -0.3 is 64.1 Å². The highest BCUT2D eigenvalue weighted by atomic mass is 32.2. The summed E-state index contributed by atoms with van der Waals surface area (Å²) in [6, 6.07) is 44.2. The van der Waals surface area contributed by atoms with Gasteiger partial charge in [0.15, 0.2) is 0 Å². The second-order valence-electron chi connectivity index (χ2n) is 35.0. The van der Waals surface area contributed by atoms with E-state index in [4.69, 9.17) is 4.74 Å². The van der Waals surface area contributed by atoms with Gasteiger partial charge in [-0.25, -0.2) is 28.1 Å². The quantitative estimate of drug-likeness (QED) is 0.0538. The number of fused-ring (bicyclic) bond motifs is 2. The Morgan fingerprint density at radius 3 is 1.64 bits per heavy atom. The third-order valence-corrected chi connectivity index (χ3v) is 29.4. The number of urea groups is 2. The van der Waals surface area contributed by atoms with E-state index in [1.165, 1.54) is 11.0 Å². The maximum atomic E-state index is 14.7. The molecule has 25 nitrogen and oxygen atoms in total. The molecule has 16 rings (SSSR count). The molecule has 0 bridgehead atoms. The molecular weight excluding hydrogens is 1620 g/mol. The lowest BCUT2D eigenvalue weighted by Gasteiger charge is -2.40. The molecule has 6 saturated heterocycles. The second kappa shape index (κ2) is 39.5. The van der Waals surface area contributed by atoms with Gasteiger partial charge in [-0.15, -0.1) is 23.5 Å². The number of likely N-dealkylation sites (tertiary alicyclic amines) is 3. The monoisotopic (exact) mass is 1740 g/mol. The maximum absolute atomic E-state index is 14.7. The van der Waals surface area contributed by atoms with Crippen molar-refractivity contribution < 1.29 is 57.5 Å². The van der Waals surface area contributed by atoms with E-state index in [9.17, 15) is 56.1 Å². The summed E-state index contributed by atoms with van der Waals surface area (Å²) in [4.78, 5) is 141. The number of para-hydroxylation sites is 3. The van der Waals surface area contributed by atoms with E-state index in [0.717, 1.165) is 94.1 Å². The number of aromatic amines is 1. The number of nitrogens with zero attached hydrogens (tertiary/aromatic N) is 11. The molecule has 6 aromatic carbocycles. The summed E-state index contributed by atoms with van der Waals surface area (Å²) in [6.07, 6.45) is 13.9. The number of imidazole rings is 2. The Hall–Kier alpha value is -10.6. The van der Waals surface area contributed by atoms with Crippen molar-refractivity contribution >= 4 is 93.2 Å². The molecule has 654 valence electrons. The zero-order valence-electron chi connectivity index (χ0n) is 71.2. The molecule has 3 N–H and O–H groups in total. The Morgan fingerprint density at radius 2 is 1.10 bits per heavy atom. The highest BCUT2D eigenvalue weighted by Crippen LogP contribution is 2.49. The van der Waals surface area contributed by atoms with E-state index in [1.807, 2.05) is 177 Å². The van der Waals surface area contributed by atoms with Crippen molar-refractivity contribution in [2.24, 2.45) is 17.3 Å². The number of anilines is 2. The van der Waals surface area contributed by atoms with Gasteiger partial charge in [0.2, 0.25) is 35.4 Å². The first-order chi connectivity index (χ1) is 59.1. The van der Waals surface area contributed by atoms with Crippen molar-refractivity contribution in [3.8, 4) is 22.7 Å². The van der Waals surface area contributed by atoms with E-state index in [-0.39, 0.29) is 120 Å². The summed E-state index contributed by atoms with van der Waals surface area (Å²) in [5, 5.41) is 2.60. The number of nitrogens with one attached hydrogen (secondary N) is 3. The van der Waals surface area contributed by atoms with Gasteiger partial charge in [0.25, 0.3) is 0 Å². The van der Waals surface area contributed by atoms with Crippen LogP contribution < -0.4 is 21.1 Å². The maximum Gasteiger partial charge on any atom is 0.326 e. The minimum atomic E-state index is -1.90. The highest BCUT2D eigenvalue weighted by Gasteiger charge is 2.50. The molecule has 0 saturated carbocycles. The number of ether oxygens (including phenoxy) is 1. The molecular formula is C93H114F2N14O11S3. The number of benzene rings is 6. The summed E-state index contributed by atoms with van der Waals surface area (Å²) in [6.45, 7) is 20.6. The minimum absolute atomic E-state index is 0. The van der Waals surface area contributed by atoms with Crippen LogP contribution in [0, 0.1) is 28.9 Å². The lowest BCUT2D eigenvalue weighted by Crippen LogP contribution is -2.51. The second-order valence-corrected chi connectivity index (χ2v) is 39.2. The first-order valence-corrected chi connectivity index (χ1v) is 46.1. The predicted molar refractivity (Wildman–Crippen MR) is 476 cm³/mol. The number of rotatable bonds is 23. The van der Waals surface area contributed by atoms with Crippen molar-refractivity contribution in [3.05, 3.63) is 220 Å². The van der Waals surface area contributed by atoms with Crippen LogP contribution in [0.4, 0.5) is 29.7 Å². The smallest absolute Gasteiger partial charge is 0.326 e. The molecule has 0 radical (unpaired) electrons. The molecule has 6 fully saturated rings. The largest absolute Gasteiger partial charge is 0.497 e. The van der Waals surface area contributed by atoms with E-state index < -0.39 is 49.5 Å². The molecule has 2 aromatic heterocycles. The number of amides is 10. The average Bonchev–Trinajstić information content (AvgIpc) is 1.56. The van der Waals surface area contributed by atoms with E-state index in [2.05, 4.69) is 61.3 Å². The van der Waals surface area contributed by atoms with Gasteiger partial charge >= 0.3 is 17.8 Å². The fourth-order valence-corrected chi connectivity index (χ4v) is 22.3. The SMILES string of the molecule is CC(C)(C)CCN1C(=O)C(CC(=O)N2CCC(N3Cc4ccccc4NC3=O)CC2)SC1c1ccccc1-n1ccnc1.CC(C)CCN1C(=O)C(CC(=O)N2CCC(N3Cc4ccccc4NC3=O)CC2)S(=O)C1c1ccc(F)cc1F.COc1cccc(C2SC(CC(=O)N3CCC(n4cc(-c5ccccc5)[nH]c4=O)CC3)C(=O)N2CCC(C)C)c1.[HH]. The topological polar surface area (TPSA) is 268 Å². The Balaban J connectivity index is 0.000000159. The normalized spacial score (nSPS) is 21.6. The molecule has 0 spiro atoms. The minimum Gasteiger partial charge on any atom is -0.497 e. The number of halogens is 2. The number of carbonyl (C=O) groups is 8. The molecule has 8 aromatic rings. The molecule has 10 amide bonds. The molecule has 10 heterocycles. The van der Waals surface area contributed by atoms with Crippen LogP contribution in [0.5, 0.6) is 5.75 Å². The van der Waals surface area contributed by atoms with Crippen LogP contribution in [0.3, 0.4) is 0 Å². The molecule has 123 heavy (non-hydrogen) atoms. The fraction of sp³-hybridized carbons (Fsp3) is 0.462. The molecule has 0 aliphatic carbocycles. The van der Waals surface area contributed by atoms with Crippen molar-refractivity contribution in [2.45, 2.75) is 189 Å². The van der Waals surface area contributed by atoms with Gasteiger partial charge in [0, 0.05) is 152 Å². The summed E-state index contributed by atoms with van der Waals surface area (Å²) in [5.41, 5.74) is 8.60. The summed E-state index contributed by atoms with van der Waals surface area (Å²) < 4.78 is 51.1. The third-order valence-electron chi connectivity index (χ3n) is 24.6. The number of hydrogen-bond donors (Lipinski definition) is 3. The average molecular weight is 1740 g/mol. The molecule has 8 aliphatic heterocycles. The van der Waals surface area contributed by atoms with E-state index >= 15 is 0 Å². The van der Waals surface area contributed by atoms with E-state index in [0.29, 0.717) is 103 Å². The van der Waals surface area contributed by atoms with Crippen LogP contribution in [-0.2, 0) is 52.7 Å². The van der Waals surface area contributed by atoms with Crippen molar-refractivity contribution in [1.29, 1.82) is 0 Å². The molecule has 7 unspecified atom stereocenters. The van der Waals surface area contributed by atoms with Crippen LogP contribution in [0.2, 0.25) is 0 Å². The standard InChI is InChI=1S/C33H40N6O3S.C31H38N4O4S.C29H34F2N4O4S.H2/c1-33(2,3)14-18-38-30(41)28(43-31(38)25-9-5-7-11-27(25)37-19-15-34-22-37)20-29(40)36-16-12-24(13-17-36)39-21-23-8-4-6-10-26(23)35-32(39)42;1-21(2)12-17-34-29(37)27(40-30(34)23-10-7-11-25(18-23)39-3)19-28(36)33-15-13-24(14-16-33)35-20-26(32-31(35)38)22-8-5-4-6-9-22;1-18(2)9-14-34-27(37)25(40(39)28(34)22-8-7-20(30)15-23(22)31)16-26(36)33-12-10-21(11-13-33)35-17-19-5-3-4-6-24(19)32-29(35)38;/h4-11,15,19,22,24,28,31H,12-14,16-18,20-21H2,1-3H3,(H,35,42);4-11,18,20-21,24,27,30H,12-17,19H2,1-3H3,(H,32,38);3-8,15,18,21,25,28H,9-14,16-17H2,1-2H3,(H,32,38);1H.